The first-order valence-electron chi connectivity index (χ1n) is 11.6. The van der Waals surface area contributed by atoms with Crippen LogP contribution in [-0.2, 0) is 33.4 Å². The molecule has 0 unspecified atom stereocenters. The summed E-state index contributed by atoms with van der Waals surface area (Å²) in [5.74, 6) is -1.14. The normalized spacial score (nSPS) is 12.1. The zero-order valence-electron chi connectivity index (χ0n) is 21.2. The van der Waals surface area contributed by atoms with Gasteiger partial charge in [0, 0.05) is 6.54 Å². The Morgan fingerprint density at radius 1 is 1.16 bits per heavy atom. The quantitative estimate of drug-likeness (QED) is 0.277. The van der Waals surface area contributed by atoms with Gasteiger partial charge < -0.3 is 14.8 Å². The van der Waals surface area contributed by atoms with E-state index in [1.165, 1.54) is 25.3 Å². The van der Waals surface area contributed by atoms with Gasteiger partial charge in [0.2, 0.25) is 0 Å². The predicted octanol–water partition coefficient (Wildman–Crippen LogP) is 5.95. The molecule has 0 atom stereocenters. The molecule has 0 aliphatic carbocycles. The standard InChI is InChI=1S/C26H27ClFN3O5S2/c1-26(2,3)36-25(32)29-13-16-6-5-7-17(12-16)14-31-20-9-8-18(28)24(35-4)23(20)19(30-31)15-38(33,34)22-11-10-21(27)37-22/h5-12H,13-15H2,1-4H3,(H,29,32). The summed E-state index contributed by atoms with van der Waals surface area (Å²) in [6.45, 7) is 5.90. The topological polar surface area (TPSA) is 99.5 Å². The molecule has 0 saturated carbocycles. The molecule has 0 aliphatic rings. The molecule has 202 valence electrons. The molecule has 1 amide bonds. The van der Waals surface area contributed by atoms with E-state index >= 15 is 0 Å². The Morgan fingerprint density at radius 2 is 1.89 bits per heavy atom. The number of amides is 1. The Balaban J connectivity index is 1.65. The fourth-order valence-electron chi connectivity index (χ4n) is 3.93. The largest absolute Gasteiger partial charge is 0.493 e. The number of thiophene rings is 1. The van der Waals surface area contributed by atoms with Gasteiger partial charge in [-0.05, 0) is 56.2 Å². The molecule has 8 nitrogen and oxygen atoms in total. The number of carbonyl (C=O) groups is 1. The van der Waals surface area contributed by atoms with E-state index < -0.39 is 33.1 Å². The lowest BCUT2D eigenvalue weighted by Gasteiger charge is -2.19. The number of hydrogen-bond acceptors (Lipinski definition) is 7. The molecule has 1 N–H and O–H groups in total. The minimum absolute atomic E-state index is 0.0709. The van der Waals surface area contributed by atoms with E-state index in [-0.39, 0.29) is 28.7 Å². The Hall–Kier alpha value is -3.15. The molecular formula is C26H27ClFN3O5S2. The lowest BCUT2D eigenvalue weighted by molar-refractivity contribution is 0.0523. The highest BCUT2D eigenvalue weighted by atomic mass is 35.5. The molecule has 4 aromatic rings. The summed E-state index contributed by atoms with van der Waals surface area (Å²) in [6, 6.07) is 13.3. The van der Waals surface area contributed by atoms with Crippen molar-refractivity contribution in [3.63, 3.8) is 0 Å². The van der Waals surface area contributed by atoms with Crippen molar-refractivity contribution >= 4 is 49.8 Å². The van der Waals surface area contributed by atoms with Gasteiger partial charge in [0.1, 0.15) is 15.6 Å². The third-order valence-corrected chi connectivity index (χ3v) is 8.88. The van der Waals surface area contributed by atoms with Crippen LogP contribution in [0.1, 0.15) is 37.6 Å². The lowest BCUT2D eigenvalue weighted by atomic mass is 10.1. The number of alkyl carbamates (subject to hydrolysis) is 1. The number of carbonyl (C=O) groups excluding carboxylic acids is 1. The third-order valence-electron chi connectivity index (χ3n) is 5.44. The van der Waals surface area contributed by atoms with Gasteiger partial charge in [-0.2, -0.15) is 5.10 Å². The predicted molar refractivity (Wildman–Crippen MR) is 145 cm³/mol. The van der Waals surface area contributed by atoms with Crippen molar-refractivity contribution in [1.82, 2.24) is 15.1 Å². The Kier molecular flexibility index (Phi) is 8.01. The van der Waals surface area contributed by atoms with Crippen LogP contribution in [0.15, 0.2) is 52.7 Å². The second-order valence-corrected chi connectivity index (χ2v) is 13.5. The molecule has 2 aromatic carbocycles. The second kappa shape index (κ2) is 10.9. The molecule has 4 rings (SSSR count). The average molecular weight is 580 g/mol. The summed E-state index contributed by atoms with van der Waals surface area (Å²) in [7, 11) is -2.46. The molecule has 2 aromatic heterocycles. The molecule has 0 bridgehead atoms. The van der Waals surface area contributed by atoms with Crippen molar-refractivity contribution in [2.75, 3.05) is 7.11 Å². The molecule has 0 radical (unpaired) electrons. The number of fused-ring (bicyclic) bond motifs is 1. The van der Waals surface area contributed by atoms with E-state index in [0.717, 1.165) is 22.5 Å². The number of ether oxygens (including phenoxy) is 2. The van der Waals surface area contributed by atoms with E-state index in [1.807, 2.05) is 24.3 Å². The number of halogens is 2. The number of nitrogens with zero attached hydrogens (tertiary/aromatic N) is 2. The van der Waals surface area contributed by atoms with Gasteiger partial charge in [0.15, 0.2) is 21.4 Å². The maximum atomic E-state index is 14.6. The fraction of sp³-hybridized carbons (Fsp3) is 0.308. The number of nitrogens with one attached hydrogen (secondary N) is 1. The summed E-state index contributed by atoms with van der Waals surface area (Å²) >= 11 is 6.89. The van der Waals surface area contributed by atoms with Crippen molar-refractivity contribution < 1.29 is 27.1 Å². The van der Waals surface area contributed by atoms with Gasteiger partial charge in [-0.25, -0.2) is 17.6 Å². The average Bonchev–Trinajstić information content (AvgIpc) is 3.41. The highest BCUT2D eigenvalue weighted by Crippen LogP contribution is 2.35. The molecule has 0 aliphatic heterocycles. The molecule has 2 heterocycles. The van der Waals surface area contributed by atoms with Gasteiger partial charge in [-0.1, -0.05) is 35.9 Å². The Labute approximate surface area is 229 Å². The van der Waals surface area contributed by atoms with Crippen LogP contribution in [0.3, 0.4) is 0 Å². The van der Waals surface area contributed by atoms with Crippen molar-refractivity contribution in [3.8, 4) is 5.75 Å². The maximum Gasteiger partial charge on any atom is 0.407 e. The van der Waals surface area contributed by atoms with Crippen LogP contribution in [0.5, 0.6) is 5.75 Å². The van der Waals surface area contributed by atoms with Crippen molar-refractivity contribution in [2.45, 2.75) is 49.4 Å². The third kappa shape index (κ3) is 6.46. The van der Waals surface area contributed by atoms with Crippen LogP contribution in [-0.4, -0.2) is 37.0 Å². The lowest BCUT2D eigenvalue weighted by Crippen LogP contribution is -2.32. The zero-order chi connectivity index (χ0) is 27.7. The zero-order valence-corrected chi connectivity index (χ0v) is 23.6. The van der Waals surface area contributed by atoms with Crippen molar-refractivity contribution in [2.24, 2.45) is 0 Å². The number of benzene rings is 2. The molecule has 12 heteroatoms. The first-order chi connectivity index (χ1) is 17.9. The molecular weight excluding hydrogens is 553 g/mol. The Bertz CT molecular complexity index is 1590. The summed E-state index contributed by atoms with van der Waals surface area (Å²) < 4.78 is 53.5. The number of rotatable bonds is 8. The van der Waals surface area contributed by atoms with Crippen LogP contribution in [0, 0.1) is 5.82 Å². The SMILES string of the molecule is COc1c(F)ccc2c1c(CS(=O)(=O)c1ccc(Cl)s1)nn2Cc1cccc(CNC(=O)OC(C)(C)C)c1. The van der Waals surface area contributed by atoms with Crippen LogP contribution in [0.4, 0.5) is 9.18 Å². The van der Waals surface area contributed by atoms with E-state index in [0.29, 0.717) is 15.2 Å². The number of hydrogen-bond donors (Lipinski definition) is 1. The van der Waals surface area contributed by atoms with E-state index in [9.17, 15) is 17.6 Å². The van der Waals surface area contributed by atoms with Crippen LogP contribution in [0.2, 0.25) is 4.34 Å². The van der Waals surface area contributed by atoms with Crippen molar-refractivity contribution in [1.29, 1.82) is 0 Å². The number of sulfone groups is 1. The number of methoxy groups -OCH3 is 1. The highest BCUT2D eigenvalue weighted by molar-refractivity contribution is 7.92. The van der Waals surface area contributed by atoms with Gasteiger partial charge in [0.25, 0.3) is 0 Å². The molecule has 38 heavy (non-hydrogen) atoms. The van der Waals surface area contributed by atoms with Crippen molar-refractivity contribution in [3.05, 3.63) is 75.5 Å². The minimum atomic E-state index is -3.79. The maximum absolute atomic E-state index is 14.6. The second-order valence-electron chi connectivity index (χ2n) is 9.57. The fourth-order valence-corrected chi connectivity index (χ4v) is 6.77. The van der Waals surface area contributed by atoms with Gasteiger partial charge in [-0.15, -0.1) is 11.3 Å². The monoisotopic (exact) mass is 579 g/mol. The first-order valence-corrected chi connectivity index (χ1v) is 14.5. The van der Waals surface area contributed by atoms with Gasteiger partial charge in [-0.3, -0.25) is 4.68 Å². The summed E-state index contributed by atoms with van der Waals surface area (Å²) in [5.41, 5.74) is 1.78. The summed E-state index contributed by atoms with van der Waals surface area (Å²) in [6.07, 6.45) is -0.520. The number of aromatic nitrogens is 2. The van der Waals surface area contributed by atoms with Gasteiger partial charge in [0.05, 0.1) is 34.6 Å². The van der Waals surface area contributed by atoms with Gasteiger partial charge >= 0.3 is 6.09 Å². The van der Waals surface area contributed by atoms with E-state index in [4.69, 9.17) is 21.1 Å². The highest BCUT2D eigenvalue weighted by Gasteiger charge is 2.25. The van der Waals surface area contributed by atoms with Crippen LogP contribution < -0.4 is 10.1 Å². The van der Waals surface area contributed by atoms with E-state index in [2.05, 4.69) is 10.4 Å². The molecule has 0 fully saturated rings. The first kappa shape index (κ1) is 27.9. The summed E-state index contributed by atoms with van der Waals surface area (Å²) in [5, 5.41) is 7.59. The minimum Gasteiger partial charge on any atom is -0.493 e. The molecule has 0 saturated heterocycles. The smallest absolute Gasteiger partial charge is 0.407 e. The van der Waals surface area contributed by atoms with Crippen LogP contribution in [0.25, 0.3) is 10.9 Å². The van der Waals surface area contributed by atoms with Crippen LogP contribution >= 0.6 is 22.9 Å². The summed E-state index contributed by atoms with van der Waals surface area (Å²) in [4.78, 5) is 12.0. The molecule has 0 spiro atoms. The van der Waals surface area contributed by atoms with E-state index in [1.54, 1.807) is 31.5 Å². The Morgan fingerprint density at radius 3 is 2.55 bits per heavy atom.